The molecule has 1 spiro atoms. The Bertz CT molecular complexity index is 1830. The average Bonchev–Trinajstić information content (AvgIpc) is 3.58. The maximum Gasteiger partial charge on any atom is 0.410 e. The molecule has 0 bridgehead atoms. The van der Waals surface area contributed by atoms with Gasteiger partial charge in [-0.15, -0.1) is 0 Å². The van der Waals surface area contributed by atoms with Gasteiger partial charge in [-0.2, -0.15) is 0 Å². The lowest BCUT2D eigenvalue weighted by Crippen LogP contribution is -2.55. The molecule has 0 radical (unpaired) electrons. The summed E-state index contributed by atoms with van der Waals surface area (Å²) in [5.41, 5.74) is 3.66. The SMILES string of the molecule is CC(C)(C)OC(=O)N1CCCC(C)(C(=O)N(CC(=O)Nc2ccc3c(c2)CC2(C3)C(=O)Nc3ncccc32)C2CCCc3ccccc32)C1. The summed E-state index contributed by atoms with van der Waals surface area (Å²) in [4.78, 5) is 62.6. The van der Waals surface area contributed by atoms with Crippen molar-refractivity contribution in [2.75, 3.05) is 30.3 Å². The summed E-state index contributed by atoms with van der Waals surface area (Å²) in [7, 11) is 0. The first-order valence-corrected chi connectivity index (χ1v) is 17.4. The zero-order valence-corrected chi connectivity index (χ0v) is 28.8. The predicted molar refractivity (Wildman–Crippen MR) is 186 cm³/mol. The minimum absolute atomic E-state index is 0.0497. The van der Waals surface area contributed by atoms with Crippen LogP contribution in [0.25, 0.3) is 0 Å². The third-order valence-electron chi connectivity index (χ3n) is 10.6. The fourth-order valence-corrected chi connectivity index (χ4v) is 8.32. The Morgan fingerprint density at radius 3 is 2.65 bits per heavy atom. The van der Waals surface area contributed by atoms with Crippen LogP contribution in [0.1, 0.15) is 87.2 Å². The predicted octanol–water partition coefficient (Wildman–Crippen LogP) is 5.95. The van der Waals surface area contributed by atoms with Gasteiger partial charge >= 0.3 is 6.09 Å². The standard InChI is InChI=1S/C39H45N5O5/c1-37(2,3)49-36(48)43-19-9-17-38(4,24-43)35(47)44(31-14-7-11-25-10-5-6-12-29(25)31)23-32(45)41-28-16-15-26-21-39(22-27(26)20-28)30-13-8-18-40-33(30)42-34(39)46/h5-6,8,10,12-13,15-16,18,20,31H,7,9,11,14,17,19,21-24H2,1-4H3,(H,41,45)(H,40,42,46). The molecule has 2 aliphatic heterocycles. The van der Waals surface area contributed by atoms with Crippen LogP contribution < -0.4 is 10.6 Å². The number of hydrogen-bond acceptors (Lipinski definition) is 6. The van der Waals surface area contributed by atoms with Gasteiger partial charge in [-0.25, -0.2) is 9.78 Å². The summed E-state index contributed by atoms with van der Waals surface area (Å²) in [6, 6.07) is 17.5. The average molecular weight is 664 g/mol. The van der Waals surface area contributed by atoms with Gasteiger partial charge in [0.05, 0.1) is 16.9 Å². The Morgan fingerprint density at radius 2 is 1.84 bits per heavy atom. The molecule has 1 aromatic heterocycles. The van der Waals surface area contributed by atoms with E-state index in [0.717, 1.165) is 41.5 Å². The minimum Gasteiger partial charge on any atom is -0.444 e. The smallest absolute Gasteiger partial charge is 0.410 e. The highest BCUT2D eigenvalue weighted by molar-refractivity contribution is 6.06. The van der Waals surface area contributed by atoms with Crippen LogP contribution in [0.4, 0.5) is 16.3 Å². The summed E-state index contributed by atoms with van der Waals surface area (Å²) in [5, 5.41) is 6.01. The van der Waals surface area contributed by atoms with E-state index in [0.29, 0.717) is 43.7 Å². The zero-order valence-electron chi connectivity index (χ0n) is 28.8. The number of fused-ring (bicyclic) bond motifs is 4. The van der Waals surface area contributed by atoms with Crippen LogP contribution in [0.15, 0.2) is 60.8 Å². The number of aryl methyl sites for hydroxylation is 1. The largest absolute Gasteiger partial charge is 0.444 e. The number of pyridine rings is 1. The molecule has 3 unspecified atom stereocenters. The van der Waals surface area contributed by atoms with Gasteiger partial charge in [0, 0.05) is 30.5 Å². The van der Waals surface area contributed by atoms with Crippen LogP contribution in [-0.4, -0.2) is 63.8 Å². The number of rotatable bonds is 5. The van der Waals surface area contributed by atoms with E-state index in [1.165, 1.54) is 5.56 Å². The lowest BCUT2D eigenvalue weighted by Gasteiger charge is -2.44. The molecule has 4 aliphatic rings. The Labute approximate surface area is 287 Å². The Hall–Kier alpha value is -4.73. The number of likely N-dealkylation sites (tertiary alicyclic amines) is 1. The number of ether oxygens (including phenoxy) is 1. The van der Waals surface area contributed by atoms with Gasteiger partial charge in [-0.3, -0.25) is 14.4 Å². The third kappa shape index (κ3) is 6.17. The molecule has 1 fully saturated rings. The van der Waals surface area contributed by atoms with E-state index in [2.05, 4.69) is 27.8 Å². The van der Waals surface area contributed by atoms with E-state index >= 15 is 0 Å². The zero-order chi connectivity index (χ0) is 34.6. The van der Waals surface area contributed by atoms with Crippen LogP contribution >= 0.6 is 0 Å². The number of aromatic nitrogens is 1. The lowest BCUT2D eigenvalue weighted by molar-refractivity contribution is -0.149. The number of amides is 4. The number of carbonyl (C=O) groups is 4. The number of nitrogens with one attached hydrogen (secondary N) is 2. The van der Waals surface area contributed by atoms with E-state index < -0.39 is 22.5 Å². The van der Waals surface area contributed by atoms with E-state index in [1.807, 2.05) is 70.2 Å². The van der Waals surface area contributed by atoms with Crippen molar-refractivity contribution in [2.24, 2.45) is 5.41 Å². The van der Waals surface area contributed by atoms with Crippen LogP contribution in [0.3, 0.4) is 0 Å². The van der Waals surface area contributed by atoms with Crippen molar-refractivity contribution < 1.29 is 23.9 Å². The number of anilines is 2. The molecule has 2 aromatic carbocycles. The molecular formula is C39H45N5O5. The summed E-state index contributed by atoms with van der Waals surface area (Å²) in [6.07, 6.45) is 6.21. The van der Waals surface area contributed by atoms with Crippen LogP contribution in [0.5, 0.6) is 0 Å². The number of hydrogen-bond donors (Lipinski definition) is 2. The third-order valence-corrected chi connectivity index (χ3v) is 10.6. The van der Waals surface area contributed by atoms with Crippen LogP contribution in [-0.2, 0) is 43.8 Å². The molecule has 3 aromatic rings. The second kappa shape index (κ2) is 12.3. The molecule has 2 aliphatic carbocycles. The Kier molecular flexibility index (Phi) is 8.24. The van der Waals surface area contributed by atoms with Gasteiger partial charge in [0.2, 0.25) is 17.7 Å². The Balaban J connectivity index is 1.12. The topological polar surface area (TPSA) is 121 Å². The van der Waals surface area contributed by atoms with Gasteiger partial charge in [0.25, 0.3) is 0 Å². The van der Waals surface area contributed by atoms with Gasteiger partial charge < -0.3 is 25.2 Å². The van der Waals surface area contributed by atoms with Crippen LogP contribution in [0.2, 0.25) is 0 Å². The first-order chi connectivity index (χ1) is 23.3. The minimum atomic E-state index is -0.878. The second-order valence-corrected chi connectivity index (χ2v) is 15.4. The second-order valence-electron chi connectivity index (χ2n) is 15.4. The highest BCUT2D eigenvalue weighted by Crippen LogP contribution is 2.47. The van der Waals surface area contributed by atoms with Crippen molar-refractivity contribution in [3.63, 3.8) is 0 Å². The fraction of sp³-hybridized carbons (Fsp3) is 0.462. The lowest BCUT2D eigenvalue weighted by atomic mass is 9.79. The van der Waals surface area contributed by atoms with Gasteiger partial charge in [-0.1, -0.05) is 36.4 Å². The van der Waals surface area contributed by atoms with Crippen molar-refractivity contribution >= 4 is 35.3 Å². The van der Waals surface area contributed by atoms with Crippen molar-refractivity contribution in [3.05, 3.63) is 88.6 Å². The molecule has 4 amide bonds. The number of carbonyl (C=O) groups excluding carboxylic acids is 4. The number of benzene rings is 2. The number of piperidine rings is 1. The van der Waals surface area contributed by atoms with Gasteiger partial charge in [-0.05, 0) is 113 Å². The molecule has 10 nitrogen and oxygen atoms in total. The summed E-state index contributed by atoms with van der Waals surface area (Å²) < 4.78 is 5.66. The molecule has 256 valence electrons. The summed E-state index contributed by atoms with van der Waals surface area (Å²) in [5.74, 6) is 0.142. The van der Waals surface area contributed by atoms with Crippen molar-refractivity contribution in [3.8, 4) is 0 Å². The maximum absolute atomic E-state index is 14.7. The first kappa shape index (κ1) is 32.8. The molecule has 7 rings (SSSR count). The van der Waals surface area contributed by atoms with Crippen molar-refractivity contribution in [2.45, 2.75) is 89.7 Å². The highest BCUT2D eigenvalue weighted by atomic mass is 16.6. The first-order valence-electron chi connectivity index (χ1n) is 17.4. The molecule has 3 heterocycles. The molecule has 1 saturated heterocycles. The summed E-state index contributed by atoms with van der Waals surface area (Å²) in [6.45, 7) is 8.04. The monoisotopic (exact) mass is 663 g/mol. The highest BCUT2D eigenvalue weighted by Gasteiger charge is 2.51. The van der Waals surface area contributed by atoms with Crippen molar-refractivity contribution in [1.29, 1.82) is 0 Å². The molecule has 2 N–H and O–H groups in total. The van der Waals surface area contributed by atoms with Crippen LogP contribution in [0, 0.1) is 5.41 Å². The normalized spacial score (nSPS) is 24.0. The van der Waals surface area contributed by atoms with E-state index in [9.17, 15) is 19.2 Å². The number of nitrogens with zero attached hydrogens (tertiary/aromatic N) is 3. The molecule has 10 heteroatoms. The molecule has 0 saturated carbocycles. The van der Waals surface area contributed by atoms with E-state index in [-0.39, 0.29) is 36.9 Å². The Morgan fingerprint density at radius 1 is 1.04 bits per heavy atom. The van der Waals surface area contributed by atoms with E-state index in [1.54, 1.807) is 16.0 Å². The quantitative estimate of drug-likeness (QED) is 0.348. The van der Waals surface area contributed by atoms with Gasteiger partial charge in [0.1, 0.15) is 18.0 Å². The molecular weight excluding hydrogens is 618 g/mol. The van der Waals surface area contributed by atoms with E-state index in [4.69, 9.17) is 4.74 Å². The summed E-state index contributed by atoms with van der Waals surface area (Å²) >= 11 is 0. The maximum atomic E-state index is 14.7. The molecule has 49 heavy (non-hydrogen) atoms. The van der Waals surface area contributed by atoms with Gasteiger partial charge in [0.15, 0.2) is 0 Å². The fourth-order valence-electron chi connectivity index (χ4n) is 8.32. The molecule has 3 atom stereocenters. The van der Waals surface area contributed by atoms with Crippen molar-refractivity contribution in [1.82, 2.24) is 14.8 Å².